The van der Waals surface area contributed by atoms with Gasteiger partial charge in [0, 0.05) is 20.0 Å². The number of hydrogen-bond donors (Lipinski definition) is 2. The van der Waals surface area contributed by atoms with Crippen LogP contribution >= 0.6 is 0 Å². The van der Waals surface area contributed by atoms with Gasteiger partial charge in [-0.2, -0.15) is 0 Å². The Morgan fingerprint density at radius 1 is 1.61 bits per heavy atom. The van der Waals surface area contributed by atoms with Crippen molar-refractivity contribution in [1.29, 1.82) is 0 Å². The predicted octanol–water partition coefficient (Wildman–Crippen LogP) is -0.175. The number of oxazole rings is 1. The first-order chi connectivity index (χ1) is 8.61. The largest absolute Gasteiger partial charge is 0.448 e. The molecule has 18 heavy (non-hydrogen) atoms. The van der Waals surface area contributed by atoms with Gasteiger partial charge in [-0.15, -0.1) is 0 Å². The lowest BCUT2D eigenvalue weighted by molar-refractivity contribution is -0.126. The van der Waals surface area contributed by atoms with Crippen molar-refractivity contribution in [1.82, 2.24) is 15.3 Å². The molecule has 2 heterocycles. The monoisotopic (exact) mass is 252 g/mol. The summed E-state index contributed by atoms with van der Waals surface area (Å²) >= 11 is 0. The molecule has 2 rings (SSSR count). The highest BCUT2D eigenvalue weighted by Gasteiger charge is 2.29. The van der Waals surface area contributed by atoms with Crippen molar-refractivity contribution in [3.8, 4) is 0 Å². The Balaban J connectivity index is 2.05. The number of nitrogens with two attached hydrogens (primary N) is 1. The number of carbonyl (C=O) groups excluding carboxylic acids is 2. The fraction of sp³-hybridized carbons (Fsp3) is 0.545. The minimum atomic E-state index is -0.249. The molecule has 0 saturated carbocycles. The lowest BCUT2D eigenvalue weighted by Gasteiger charge is -2.31. The summed E-state index contributed by atoms with van der Waals surface area (Å²) in [5.74, 6) is 4.87. The number of hydrazine groups is 1. The second kappa shape index (κ2) is 5.18. The van der Waals surface area contributed by atoms with Crippen molar-refractivity contribution in [3.63, 3.8) is 0 Å². The average Bonchev–Trinajstić information content (AvgIpc) is 2.83. The molecule has 1 atom stereocenters. The molecule has 1 aromatic rings. The molecule has 3 N–H and O–H groups in total. The normalized spacial score (nSPS) is 19.7. The molecule has 1 aliphatic rings. The van der Waals surface area contributed by atoms with Crippen molar-refractivity contribution in [2.24, 2.45) is 11.8 Å². The third-order valence-electron chi connectivity index (χ3n) is 3.06. The van der Waals surface area contributed by atoms with Gasteiger partial charge in [0.25, 0.3) is 5.91 Å². The molecule has 0 radical (unpaired) electrons. The second-order valence-electron chi connectivity index (χ2n) is 4.35. The molecule has 0 aromatic carbocycles. The van der Waals surface area contributed by atoms with Gasteiger partial charge < -0.3 is 9.32 Å². The Morgan fingerprint density at radius 2 is 2.39 bits per heavy atom. The van der Waals surface area contributed by atoms with Crippen LogP contribution in [-0.2, 0) is 4.79 Å². The summed E-state index contributed by atoms with van der Waals surface area (Å²) in [6.45, 7) is 2.67. The Morgan fingerprint density at radius 3 is 3.00 bits per heavy atom. The minimum Gasteiger partial charge on any atom is -0.448 e. The van der Waals surface area contributed by atoms with E-state index in [1.54, 1.807) is 11.8 Å². The Kier molecular flexibility index (Phi) is 3.61. The van der Waals surface area contributed by atoms with Gasteiger partial charge in [-0.25, -0.2) is 10.8 Å². The molecule has 1 aliphatic heterocycles. The van der Waals surface area contributed by atoms with Gasteiger partial charge >= 0.3 is 0 Å². The van der Waals surface area contributed by atoms with Crippen LogP contribution in [0.5, 0.6) is 0 Å². The molecule has 0 aliphatic carbocycles. The molecule has 0 unspecified atom stereocenters. The predicted molar refractivity (Wildman–Crippen MR) is 62.2 cm³/mol. The van der Waals surface area contributed by atoms with Crippen molar-refractivity contribution < 1.29 is 14.0 Å². The first-order valence-corrected chi connectivity index (χ1v) is 5.83. The third-order valence-corrected chi connectivity index (χ3v) is 3.06. The lowest BCUT2D eigenvalue weighted by Crippen LogP contribution is -2.47. The maximum atomic E-state index is 12.1. The smallest absolute Gasteiger partial charge is 0.275 e. The number of likely N-dealkylation sites (tertiary alicyclic amines) is 1. The number of rotatable bonds is 2. The van der Waals surface area contributed by atoms with E-state index in [4.69, 9.17) is 10.3 Å². The van der Waals surface area contributed by atoms with E-state index >= 15 is 0 Å². The first kappa shape index (κ1) is 12.6. The summed E-state index contributed by atoms with van der Waals surface area (Å²) in [6.07, 6.45) is 2.86. The van der Waals surface area contributed by atoms with Gasteiger partial charge in [0.2, 0.25) is 5.91 Å². The van der Waals surface area contributed by atoms with Crippen LogP contribution < -0.4 is 11.3 Å². The summed E-state index contributed by atoms with van der Waals surface area (Å²) in [7, 11) is 0. The molecule has 0 bridgehead atoms. The fourth-order valence-corrected chi connectivity index (χ4v) is 2.12. The fourth-order valence-electron chi connectivity index (χ4n) is 2.12. The number of hydrogen-bond acceptors (Lipinski definition) is 5. The molecular weight excluding hydrogens is 236 g/mol. The number of amides is 2. The van der Waals surface area contributed by atoms with Crippen LogP contribution in [0.1, 0.15) is 29.2 Å². The van der Waals surface area contributed by atoms with E-state index < -0.39 is 0 Å². The second-order valence-corrected chi connectivity index (χ2v) is 4.35. The molecule has 1 fully saturated rings. The molecule has 2 amide bonds. The van der Waals surface area contributed by atoms with Crippen LogP contribution in [0.25, 0.3) is 0 Å². The van der Waals surface area contributed by atoms with Gasteiger partial charge in [-0.3, -0.25) is 15.0 Å². The van der Waals surface area contributed by atoms with Crippen molar-refractivity contribution >= 4 is 11.8 Å². The van der Waals surface area contributed by atoms with Crippen LogP contribution in [0.2, 0.25) is 0 Å². The van der Waals surface area contributed by atoms with E-state index in [0.717, 1.165) is 12.8 Å². The van der Waals surface area contributed by atoms with Gasteiger partial charge in [0.1, 0.15) is 6.26 Å². The van der Waals surface area contributed by atoms with Crippen LogP contribution in [-0.4, -0.2) is 34.8 Å². The molecule has 0 spiro atoms. The van der Waals surface area contributed by atoms with Crippen LogP contribution in [0.4, 0.5) is 0 Å². The SMILES string of the molecule is Cc1nc(C(=O)N2CCC[C@@H](C(=O)NN)C2)co1. The Bertz CT molecular complexity index is 457. The highest BCUT2D eigenvalue weighted by molar-refractivity contribution is 5.92. The highest BCUT2D eigenvalue weighted by Crippen LogP contribution is 2.18. The topological polar surface area (TPSA) is 101 Å². The van der Waals surface area contributed by atoms with Crippen molar-refractivity contribution in [3.05, 3.63) is 17.8 Å². The molecule has 1 saturated heterocycles. The average molecular weight is 252 g/mol. The third kappa shape index (κ3) is 2.51. The number of nitrogens with one attached hydrogen (secondary N) is 1. The molecule has 7 nitrogen and oxygen atoms in total. The summed E-state index contributed by atoms with van der Waals surface area (Å²) < 4.78 is 5.01. The van der Waals surface area contributed by atoms with E-state index in [1.807, 2.05) is 0 Å². The summed E-state index contributed by atoms with van der Waals surface area (Å²) in [4.78, 5) is 29.2. The lowest BCUT2D eigenvalue weighted by atomic mass is 9.97. The van der Waals surface area contributed by atoms with Gasteiger partial charge in [0.05, 0.1) is 5.92 Å². The highest BCUT2D eigenvalue weighted by atomic mass is 16.3. The summed E-state index contributed by atoms with van der Waals surface area (Å²) in [5.41, 5.74) is 2.41. The number of aryl methyl sites for hydroxylation is 1. The number of piperidine rings is 1. The molecule has 7 heteroatoms. The van der Waals surface area contributed by atoms with E-state index in [-0.39, 0.29) is 23.4 Å². The van der Waals surface area contributed by atoms with Crippen molar-refractivity contribution in [2.45, 2.75) is 19.8 Å². The van der Waals surface area contributed by atoms with Crippen LogP contribution in [0.15, 0.2) is 10.7 Å². The van der Waals surface area contributed by atoms with E-state index in [9.17, 15) is 9.59 Å². The first-order valence-electron chi connectivity index (χ1n) is 5.83. The number of nitrogens with zero attached hydrogens (tertiary/aromatic N) is 2. The van der Waals surface area contributed by atoms with Gasteiger partial charge in [0.15, 0.2) is 11.6 Å². The standard InChI is InChI=1S/C11H16N4O3/c1-7-13-9(6-18-7)11(17)15-4-2-3-8(5-15)10(16)14-12/h6,8H,2-5,12H2,1H3,(H,14,16)/t8-/m1/s1. The molecule has 1 aromatic heterocycles. The zero-order valence-electron chi connectivity index (χ0n) is 10.2. The van der Waals surface area contributed by atoms with E-state index in [0.29, 0.717) is 19.0 Å². The zero-order chi connectivity index (χ0) is 13.1. The van der Waals surface area contributed by atoms with Gasteiger partial charge in [-0.1, -0.05) is 0 Å². The minimum absolute atomic E-state index is 0.207. The molecule has 98 valence electrons. The zero-order valence-corrected chi connectivity index (χ0v) is 10.2. The maximum Gasteiger partial charge on any atom is 0.275 e. The Labute approximate surface area is 104 Å². The summed E-state index contributed by atoms with van der Waals surface area (Å²) in [6, 6.07) is 0. The molecular formula is C11H16N4O3. The van der Waals surface area contributed by atoms with E-state index in [2.05, 4.69) is 10.4 Å². The van der Waals surface area contributed by atoms with Crippen molar-refractivity contribution in [2.75, 3.05) is 13.1 Å². The summed E-state index contributed by atoms with van der Waals surface area (Å²) in [5, 5.41) is 0. The van der Waals surface area contributed by atoms with Crippen LogP contribution in [0, 0.1) is 12.8 Å². The maximum absolute atomic E-state index is 12.1. The number of aromatic nitrogens is 1. The van der Waals surface area contributed by atoms with Crippen LogP contribution in [0.3, 0.4) is 0 Å². The number of carbonyl (C=O) groups is 2. The van der Waals surface area contributed by atoms with Gasteiger partial charge in [-0.05, 0) is 12.8 Å². The quantitative estimate of drug-likeness (QED) is 0.432. The Hall–Kier alpha value is -1.89. The van der Waals surface area contributed by atoms with E-state index in [1.165, 1.54) is 6.26 Å².